The van der Waals surface area contributed by atoms with E-state index < -0.39 is 0 Å². The van der Waals surface area contributed by atoms with Gasteiger partial charge in [-0.15, -0.1) is 0 Å². The molecule has 2 aromatic rings. The Kier molecular flexibility index (Phi) is 4.68. The number of pyridine rings is 1. The van der Waals surface area contributed by atoms with Gasteiger partial charge in [0.25, 0.3) is 0 Å². The minimum Gasteiger partial charge on any atom is -0.466 e. The summed E-state index contributed by atoms with van der Waals surface area (Å²) in [6, 6.07) is 10.3. The number of esters is 1. The fourth-order valence-corrected chi connectivity index (χ4v) is 3.19. The van der Waals surface area contributed by atoms with Gasteiger partial charge in [-0.1, -0.05) is 24.3 Å². The van der Waals surface area contributed by atoms with Crippen molar-refractivity contribution >= 4 is 16.9 Å². The number of hydrogen-bond donors (Lipinski definition) is 0. The maximum Gasteiger partial charge on any atom is 0.310 e. The Morgan fingerprint density at radius 3 is 3.09 bits per heavy atom. The molecule has 0 bridgehead atoms. The Balaban J connectivity index is 1.73. The van der Waals surface area contributed by atoms with Gasteiger partial charge in [-0.2, -0.15) is 0 Å². The topological polar surface area (TPSA) is 42.4 Å². The molecule has 1 unspecified atom stereocenters. The molecular weight excluding hydrogens is 276 g/mol. The van der Waals surface area contributed by atoms with Gasteiger partial charge in [0.15, 0.2) is 0 Å². The van der Waals surface area contributed by atoms with Crippen LogP contribution in [0.1, 0.15) is 25.3 Å². The van der Waals surface area contributed by atoms with Crippen LogP contribution < -0.4 is 0 Å². The number of carbonyl (C=O) groups excluding carboxylic acids is 1. The molecule has 4 heteroatoms. The van der Waals surface area contributed by atoms with Crippen LogP contribution in [-0.2, 0) is 16.1 Å². The first-order valence-electron chi connectivity index (χ1n) is 7.99. The van der Waals surface area contributed by atoms with Crippen molar-refractivity contribution in [3.63, 3.8) is 0 Å². The average Bonchev–Trinajstić information content (AvgIpc) is 2.56. The number of hydrogen-bond acceptors (Lipinski definition) is 4. The third-order valence-corrected chi connectivity index (χ3v) is 4.24. The minimum atomic E-state index is -0.0526. The van der Waals surface area contributed by atoms with E-state index in [1.165, 1.54) is 10.9 Å². The number of ether oxygens (including phenoxy) is 1. The highest BCUT2D eigenvalue weighted by molar-refractivity contribution is 5.81. The zero-order chi connectivity index (χ0) is 15.4. The van der Waals surface area contributed by atoms with Gasteiger partial charge in [0.2, 0.25) is 0 Å². The zero-order valence-corrected chi connectivity index (χ0v) is 13.0. The molecule has 22 heavy (non-hydrogen) atoms. The molecule has 0 N–H and O–H groups in total. The van der Waals surface area contributed by atoms with E-state index >= 15 is 0 Å². The minimum absolute atomic E-state index is 0.0108. The molecule has 3 rings (SSSR count). The van der Waals surface area contributed by atoms with Gasteiger partial charge in [0.05, 0.1) is 18.0 Å². The number of likely N-dealkylation sites (tertiary alicyclic amines) is 1. The van der Waals surface area contributed by atoms with Crippen LogP contribution in [-0.4, -0.2) is 35.5 Å². The Hall–Kier alpha value is -1.94. The van der Waals surface area contributed by atoms with Gasteiger partial charge in [0, 0.05) is 24.7 Å². The van der Waals surface area contributed by atoms with E-state index in [0.29, 0.717) is 6.61 Å². The molecule has 1 aliphatic rings. The number of aromatic nitrogens is 1. The van der Waals surface area contributed by atoms with E-state index in [1.807, 2.05) is 19.2 Å². The lowest BCUT2D eigenvalue weighted by atomic mass is 9.97. The van der Waals surface area contributed by atoms with Crippen molar-refractivity contribution in [2.24, 2.45) is 5.92 Å². The quantitative estimate of drug-likeness (QED) is 0.814. The molecule has 1 aliphatic heterocycles. The fraction of sp³-hybridized carbons (Fsp3) is 0.444. The maximum absolute atomic E-state index is 11.9. The van der Waals surface area contributed by atoms with Crippen LogP contribution in [0.3, 0.4) is 0 Å². The molecule has 0 aliphatic carbocycles. The number of carbonyl (C=O) groups is 1. The second-order valence-corrected chi connectivity index (χ2v) is 5.82. The van der Waals surface area contributed by atoms with E-state index in [0.717, 1.165) is 38.0 Å². The highest BCUT2D eigenvalue weighted by Gasteiger charge is 2.27. The van der Waals surface area contributed by atoms with Gasteiger partial charge >= 0.3 is 5.97 Å². The molecule has 1 saturated heterocycles. The number of rotatable bonds is 4. The van der Waals surface area contributed by atoms with Crippen molar-refractivity contribution in [2.75, 3.05) is 19.7 Å². The molecule has 1 fully saturated rings. The molecule has 1 aromatic carbocycles. The summed E-state index contributed by atoms with van der Waals surface area (Å²) in [6.45, 7) is 4.97. The predicted octanol–water partition coefficient (Wildman–Crippen LogP) is 3.01. The first-order chi connectivity index (χ1) is 10.8. The summed E-state index contributed by atoms with van der Waals surface area (Å²) in [7, 11) is 0. The fourth-order valence-electron chi connectivity index (χ4n) is 3.19. The molecule has 0 radical (unpaired) electrons. The smallest absolute Gasteiger partial charge is 0.310 e. The molecule has 0 spiro atoms. The van der Waals surface area contributed by atoms with Gasteiger partial charge in [-0.05, 0) is 37.9 Å². The van der Waals surface area contributed by atoms with Gasteiger partial charge in [-0.3, -0.25) is 14.7 Å². The largest absolute Gasteiger partial charge is 0.466 e. The van der Waals surface area contributed by atoms with Gasteiger partial charge < -0.3 is 4.74 Å². The lowest BCUT2D eigenvalue weighted by molar-refractivity contribution is -0.150. The lowest BCUT2D eigenvalue weighted by Crippen LogP contribution is -2.39. The van der Waals surface area contributed by atoms with Crippen LogP contribution >= 0.6 is 0 Å². The number of para-hydroxylation sites is 1. The van der Waals surface area contributed by atoms with Crippen LogP contribution in [0.25, 0.3) is 10.9 Å². The number of fused-ring (bicyclic) bond motifs is 1. The Labute approximate surface area is 131 Å². The van der Waals surface area contributed by atoms with Crippen molar-refractivity contribution in [2.45, 2.75) is 26.3 Å². The summed E-state index contributed by atoms with van der Waals surface area (Å²) < 4.78 is 5.17. The number of piperidine rings is 1. The summed E-state index contributed by atoms with van der Waals surface area (Å²) in [5, 5.41) is 1.17. The monoisotopic (exact) mass is 298 g/mol. The van der Waals surface area contributed by atoms with E-state index in [9.17, 15) is 4.79 Å². The Morgan fingerprint density at radius 2 is 2.23 bits per heavy atom. The third kappa shape index (κ3) is 3.28. The summed E-state index contributed by atoms with van der Waals surface area (Å²) in [6.07, 6.45) is 3.81. The molecule has 1 atom stereocenters. The zero-order valence-electron chi connectivity index (χ0n) is 13.0. The van der Waals surface area contributed by atoms with E-state index in [4.69, 9.17) is 4.74 Å². The molecule has 0 saturated carbocycles. The van der Waals surface area contributed by atoms with Crippen LogP contribution in [0.4, 0.5) is 0 Å². The molecule has 1 aromatic heterocycles. The molecule has 0 amide bonds. The van der Waals surface area contributed by atoms with Crippen LogP contribution in [0.2, 0.25) is 0 Å². The van der Waals surface area contributed by atoms with Crippen molar-refractivity contribution in [1.82, 2.24) is 9.88 Å². The summed E-state index contributed by atoms with van der Waals surface area (Å²) in [5.74, 6) is -0.0418. The van der Waals surface area contributed by atoms with E-state index in [1.54, 1.807) is 0 Å². The second kappa shape index (κ2) is 6.88. The third-order valence-electron chi connectivity index (χ3n) is 4.24. The Morgan fingerprint density at radius 1 is 1.36 bits per heavy atom. The van der Waals surface area contributed by atoms with Crippen molar-refractivity contribution in [3.05, 3.63) is 42.1 Å². The summed E-state index contributed by atoms with van der Waals surface area (Å²) >= 11 is 0. The normalized spacial score (nSPS) is 19.2. The maximum atomic E-state index is 11.9. The van der Waals surface area contributed by atoms with Gasteiger partial charge in [0.1, 0.15) is 0 Å². The molecule has 4 nitrogen and oxygen atoms in total. The first-order valence-corrected chi connectivity index (χ1v) is 7.99. The van der Waals surface area contributed by atoms with Crippen LogP contribution in [0.5, 0.6) is 0 Å². The predicted molar refractivity (Wildman–Crippen MR) is 86.4 cm³/mol. The van der Waals surface area contributed by atoms with E-state index in [2.05, 4.69) is 34.1 Å². The van der Waals surface area contributed by atoms with Crippen LogP contribution in [0, 0.1) is 5.92 Å². The number of nitrogens with zero attached hydrogens (tertiary/aromatic N) is 2. The van der Waals surface area contributed by atoms with Crippen LogP contribution in [0.15, 0.2) is 36.5 Å². The molecule has 2 heterocycles. The highest BCUT2D eigenvalue weighted by Crippen LogP contribution is 2.22. The van der Waals surface area contributed by atoms with E-state index in [-0.39, 0.29) is 11.9 Å². The van der Waals surface area contributed by atoms with Gasteiger partial charge in [-0.25, -0.2) is 0 Å². The highest BCUT2D eigenvalue weighted by atomic mass is 16.5. The molecule has 116 valence electrons. The van der Waals surface area contributed by atoms with Crippen molar-refractivity contribution in [3.8, 4) is 0 Å². The first kappa shape index (κ1) is 15.0. The number of benzene rings is 1. The average molecular weight is 298 g/mol. The SMILES string of the molecule is CCOC(=O)C1CCCN(Cc2cccc3cccnc23)C1. The summed E-state index contributed by atoms with van der Waals surface area (Å²) in [5.41, 5.74) is 2.28. The summed E-state index contributed by atoms with van der Waals surface area (Å²) in [4.78, 5) is 18.8. The Bertz CT molecular complexity index is 651. The second-order valence-electron chi connectivity index (χ2n) is 5.82. The standard InChI is InChI=1S/C18H22N2O2/c1-2-22-18(21)16-9-5-11-20(13-16)12-15-7-3-6-14-8-4-10-19-17(14)15/h3-4,6-8,10,16H,2,5,9,11-13H2,1H3. The van der Waals surface area contributed by atoms with Crippen molar-refractivity contribution in [1.29, 1.82) is 0 Å². The molecular formula is C18H22N2O2. The lowest BCUT2D eigenvalue weighted by Gasteiger charge is -2.31. The van der Waals surface area contributed by atoms with Crippen molar-refractivity contribution < 1.29 is 9.53 Å².